The highest BCUT2D eigenvalue weighted by molar-refractivity contribution is 7.88. The van der Waals surface area contributed by atoms with Gasteiger partial charge in [0.15, 0.2) is 5.78 Å². The number of rotatable bonds is 8. The standard InChI is InChI=1S/C28H38FN3O4S/c1-19-22(10-7-11-25(19)29)27-23(26-12-4-5-13-30-26)17-32(15-14-31(2)37(3,35)36)18-24(27)28(34)20-8-6-9-21(33)16-20/h6-11,16,23-24,26-27,30,33H,4-5,12-15,17-18H2,1-3H3/t23-,24+,26?,27-/m1/s1. The number of hydrogen-bond donors (Lipinski definition) is 2. The molecule has 0 saturated carbocycles. The Hall–Kier alpha value is -2.33. The molecule has 9 heteroatoms. The molecule has 0 spiro atoms. The average Bonchev–Trinajstić information content (AvgIpc) is 2.88. The number of benzene rings is 2. The van der Waals surface area contributed by atoms with Gasteiger partial charge in [-0.05, 0) is 61.6 Å². The summed E-state index contributed by atoms with van der Waals surface area (Å²) in [5.41, 5.74) is 1.84. The highest BCUT2D eigenvalue weighted by Gasteiger charge is 2.45. The molecule has 2 aromatic rings. The number of halogens is 1. The minimum atomic E-state index is -3.32. The first-order valence-corrected chi connectivity index (χ1v) is 14.9. The van der Waals surface area contributed by atoms with Gasteiger partial charge in [-0.15, -0.1) is 0 Å². The van der Waals surface area contributed by atoms with Gasteiger partial charge in [-0.3, -0.25) is 4.79 Å². The Balaban J connectivity index is 1.75. The zero-order valence-corrected chi connectivity index (χ0v) is 22.7. The minimum absolute atomic E-state index is 0.0253. The number of likely N-dealkylation sites (N-methyl/N-ethyl adjacent to an activating group) is 1. The quantitative estimate of drug-likeness (QED) is 0.508. The van der Waals surface area contributed by atoms with Gasteiger partial charge < -0.3 is 15.3 Å². The molecule has 7 nitrogen and oxygen atoms in total. The number of nitrogens with zero attached hydrogens (tertiary/aromatic N) is 2. The summed E-state index contributed by atoms with van der Waals surface area (Å²) in [6, 6.07) is 11.7. The lowest BCUT2D eigenvalue weighted by Crippen LogP contribution is -2.56. The van der Waals surface area contributed by atoms with Gasteiger partial charge >= 0.3 is 0 Å². The molecule has 2 heterocycles. The molecular formula is C28H38FN3O4S. The number of aromatic hydroxyl groups is 1. The molecule has 2 aliphatic heterocycles. The second kappa shape index (κ2) is 11.6. The van der Waals surface area contributed by atoms with Crippen molar-refractivity contribution in [2.24, 2.45) is 11.8 Å². The number of nitrogens with one attached hydrogen (secondary N) is 1. The largest absolute Gasteiger partial charge is 0.508 e. The third-order valence-electron chi connectivity index (χ3n) is 8.12. The predicted molar refractivity (Wildman–Crippen MR) is 143 cm³/mol. The van der Waals surface area contributed by atoms with Crippen LogP contribution in [-0.2, 0) is 10.0 Å². The highest BCUT2D eigenvalue weighted by Crippen LogP contribution is 2.43. The molecule has 4 rings (SSSR count). The van der Waals surface area contributed by atoms with Crippen LogP contribution in [0.5, 0.6) is 5.75 Å². The van der Waals surface area contributed by atoms with Gasteiger partial charge in [0.1, 0.15) is 11.6 Å². The van der Waals surface area contributed by atoms with Crippen molar-refractivity contribution >= 4 is 15.8 Å². The fourth-order valence-corrected chi connectivity index (χ4v) is 6.39. The molecule has 0 amide bonds. The van der Waals surface area contributed by atoms with Gasteiger partial charge in [-0.2, -0.15) is 0 Å². The van der Waals surface area contributed by atoms with Crippen LogP contribution in [0.25, 0.3) is 0 Å². The molecule has 1 unspecified atom stereocenters. The van der Waals surface area contributed by atoms with Crippen molar-refractivity contribution in [2.45, 2.75) is 38.1 Å². The van der Waals surface area contributed by atoms with Crippen LogP contribution in [0, 0.1) is 24.6 Å². The minimum Gasteiger partial charge on any atom is -0.508 e. The summed E-state index contributed by atoms with van der Waals surface area (Å²) >= 11 is 0. The maximum Gasteiger partial charge on any atom is 0.210 e. The smallest absolute Gasteiger partial charge is 0.210 e. The first kappa shape index (κ1) is 27.7. The molecule has 0 aliphatic carbocycles. The van der Waals surface area contributed by atoms with Crippen molar-refractivity contribution in [3.05, 3.63) is 65.0 Å². The number of carbonyl (C=O) groups is 1. The van der Waals surface area contributed by atoms with E-state index in [1.165, 1.54) is 28.8 Å². The molecule has 2 fully saturated rings. The molecule has 0 aromatic heterocycles. The summed E-state index contributed by atoms with van der Waals surface area (Å²) in [5.74, 6) is -1.01. The molecular weight excluding hydrogens is 493 g/mol. The lowest BCUT2D eigenvalue weighted by Gasteiger charge is -2.48. The van der Waals surface area contributed by atoms with Crippen LogP contribution in [0.2, 0.25) is 0 Å². The van der Waals surface area contributed by atoms with Crippen LogP contribution in [0.15, 0.2) is 42.5 Å². The number of likely N-dealkylation sites (tertiary alicyclic amines) is 1. The number of carbonyl (C=O) groups excluding carboxylic acids is 1. The van der Waals surface area contributed by atoms with Crippen molar-refractivity contribution in [3.8, 4) is 5.75 Å². The van der Waals surface area contributed by atoms with Crippen molar-refractivity contribution in [1.29, 1.82) is 0 Å². The number of piperidine rings is 2. The van der Waals surface area contributed by atoms with Crippen molar-refractivity contribution < 1.29 is 22.7 Å². The average molecular weight is 532 g/mol. The third-order valence-corrected chi connectivity index (χ3v) is 9.43. The molecule has 2 aliphatic rings. The van der Waals surface area contributed by atoms with E-state index >= 15 is 0 Å². The Labute approximate surface area is 219 Å². The van der Waals surface area contributed by atoms with Gasteiger partial charge in [0.25, 0.3) is 0 Å². The van der Waals surface area contributed by atoms with E-state index in [0.717, 1.165) is 31.4 Å². The van der Waals surface area contributed by atoms with E-state index in [4.69, 9.17) is 0 Å². The molecule has 2 saturated heterocycles. The molecule has 37 heavy (non-hydrogen) atoms. The maximum absolute atomic E-state index is 14.8. The molecule has 2 aromatic carbocycles. The van der Waals surface area contributed by atoms with Crippen LogP contribution in [-0.4, -0.2) is 80.6 Å². The van der Waals surface area contributed by atoms with E-state index in [0.29, 0.717) is 37.3 Å². The van der Waals surface area contributed by atoms with Crippen molar-refractivity contribution in [3.63, 3.8) is 0 Å². The van der Waals surface area contributed by atoms with E-state index in [9.17, 15) is 22.7 Å². The normalized spacial score (nSPS) is 25.3. The molecule has 2 N–H and O–H groups in total. The maximum atomic E-state index is 14.8. The Kier molecular flexibility index (Phi) is 8.68. The Morgan fingerprint density at radius 3 is 2.62 bits per heavy atom. The van der Waals surface area contributed by atoms with Crippen LogP contribution in [0.4, 0.5) is 4.39 Å². The Bertz CT molecular complexity index is 1220. The van der Waals surface area contributed by atoms with Crippen LogP contribution in [0.3, 0.4) is 0 Å². The number of sulfonamides is 1. The monoisotopic (exact) mass is 531 g/mol. The SMILES string of the molecule is Cc1c(F)cccc1[C@H]1[C@@H](C(=O)c2cccc(O)c2)CN(CCN(C)S(C)(=O)=O)C[C@@H]1C1CCCCN1. The number of phenolic OH excluding ortho intramolecular Hbond substituents is 1. The molecule has 0 bridgehead atoms. The van der Waals surface area contributed by atoms with Gasteiger partial charge in [0.05, 0.1) is 6.26 Å². The van der Waals surface area contributed by atoms with Crippen molar-refractivity contribution in [2.75, 3.05) is 46.0 Å². The second-order valence-electron chi connectivity index (χ2n) is 10.6. The molecule has 0 radical (unpaired) electrons. The fraction of sp³-hybridized carbons (Fsp3) is 0.536. The van der Waals surface area contributed by atoms with E-state index in [2.05, 4.69) is 10.2 Å². The van der Waals surface area contributed by atoms with Crippen LogP contribution in [0.1, 0.15) is 46.7 Å². The zero-order chi connectivity index (χ0) is 26.7. The summed E-state index contributed by atoms with van der Waals surface area (Å²) in [7, 11) is -1.76. The summed E-state index contributed by atoms with van der Waals surface area (Å²) < 4.78 is 40.1. The summed E-state index contributed by atoms with van der Waals surface area (Å²) in [5, 5.41) is 13.7. The van der Waals surface area contributed by atoms with Gasteiger partial charge in [0, 0.05) is 56.7 Å². The number of Topliss-reactive ketones (excluding diaryl/α,β-unsaturated/α-hetero) is 1. The fourth-order valence-electron chi connectivity index (χ4n) is 5.98. The Morgan fingerprint density at radius 1 is 1.19 bits per heavy atom. The summed E-state index contributed by atoms with van der Waals surface area (Å²) in [4.78, 5) is 16.2. The molecule has 202 valence electrons. The second-order valence-corrected chi connectivity index (χ2v) is 12.7. The van der Waals surface area contributed by atoms with Gasteiger partial charge in [0.2, 0.25) is 10.0 Å². The van der Waals surface area contributed by atoms with E-state index in [1.54, 1.807) is 32.2 Å². The topological polar surface area (TPSA) is 90.0 Å². The predicted octanol–water partition coefficient (Wildman–Crippen LogP) is 3.39. The highest BCUT2D eigenvalue weighted by atomic mass is 32.2. The summed E-state index contributed by atoms with van der Waals surface area (Å²) in [6.45, 7) is 4.60. The van der Waals surface area contributed by atoms with Gasteiger partial charge in [-0.25, -0.2) is 17.1 Å². The Morgan fingerprint density at radius 2 is 1.95 bits per heavy atom. The first-order valence-electron chi connectivity index (χ1n) is 13.0. The number of ketones is 1. The lowest BCUT2D eigenvalue weighted by molar-refractivity contribution is 0.0530. The number of phenols is 1. The van der Waals surface area contributed by atoms with Crippen LogP contribution < -0.4 is 5.32 Å². The lowest BCUT2D eigenvalue weighted by atomic mass is 9.66. The summed E-state index contributed by atoms with van der Waals surface area (Å²) in [6.07, 6.45) is 4.35. The van der Waals surface area contributed by atoms with E-state index in [1.807, 2.05) is 6.07 Å². The van der Waals surface area contributed by atoms with E-state index in [-0.39, 0.29) is 35.2 Å². The number of hydrogen-bond acceptors (Lipinski definition) is 6. The van der Waals surface area contributed by atoms with Crippen molar-refractivity contribution in [1.82, 2.24) is 14.5 Å². The zero-order valence-electron chi connectivity index (χ0n) is 21.9. The van der Waals surface area contributed by atoms with E-state index < -0.39 is 15.9 Å². The first-order chi connectivity index (χ1) is 17.6. The third kappa shape index (κ3) is 6.39. The van der Waals surface area contributed by atoms with Gasteiger partial charge in [-0.1, -0.05) is 30.7 Å². The van der Waals surface area contributed by atoms with Crippen LogP contribution >= 0.6 is 0 Å². The molecule has 4 atom stereocenters.